The van der Waals surface area contributed by atoms with E-state index in [0.29, 0.717) is 18.2 Å². The van der Waals surface area contributed by atoms with Crippen molar-refractivity contribution in [2.24, 2.45) is 0 Å². The van der Waals surface area contributed by atoms with Crippen LogP contribution in [0.5, 0.6) is 17.4 Å². The molecular formula is C17H16N2O4. The fraction of sp³-hybridized carbons (Fsp3) is 0.176. The molecule has 23 heavy (non-hydrogen) atoms. The number of rotatable bonds is 5. The van der Waals surface area contributed by atoms with Crippen LogP contribution >= 0.6 is 0 Å². The monoisotopic (exact) mass is 312 g/mol. The van der Waals surface area contributed by atoms with Gasteiger partial charge >= 0.3 is 0 Å². The molecule has 1 N–H and O–H groups in total. The highest BCUT2D eigenvalue weighted by Crippen LogP contribution is 2.32. The van der Waals surface area contributed by atoms with Crippen molar-refractivity contribution in [3.05, 3.63) is 53.7 Å². The third-order valence-electron chi connectivity index (χ3n) is 3.30. The van der Waals surface area contributed by atoms with E-state index in [4.69, 9.17) is 14.2 Å². The largest absolute Gasteiger partial charge is 0.481 e. The summed E-state index contributed by atoms with van der Waals surface area (Å²) in [6.07, 6.45) is 4.87. The molecule has 2 heterocycles. The van der Waals surface area contributed by atoms with E-state index in [1.54, 1.807) is 25.4 Å². The van der Waals surface area contributed by atoms with Gasteiger partial charge in [0.15, 0.2) is 11.5 Å². The Labute approximate surface area is 133 Å². The second-order valence-electron chi connectivity index (χ2n) is 4.87. The van der Waals surface area contributed by atoms with E-state index in [1.807, 2.05) is 24.3 Å². The highest BCUT2D eigenvalue weighted by molar-refractivity contribution is 5.91. The molecule has 0 radical (unpaired) electrons. The van der Waals surface area contributed by atoms with Gasteiger partial charge in [0.05, 0.1) is 7.11 Å². The zero-order chi connectivity index (χ0) is 16.1. The fourth-order valence-corrected chi connectivity index (χ4v) is 2.07. The van der Waals surface area contributed by atoms with Gasteiger partial charge in [0.25, 0.3) is 0 Å². The van der Waals surface area contributed by atoms with Crippen LogP contribution in [0.2, 0.25) is 0 Å². The number of fused-ring (bicyclic) bond motifs is 1. The van der Waals surface area contributed by atoms with E-state index in [0.717, 1.165) is 16.9 Å². The first-order chi connectivity index (χ1) is 11.2. The molecule has 0 saturated heterocycles. The number of nitrogens with one attached hydrogen (secondary N) is 1. The molecule has 0 unspecified atom stereocenters. The number of carbonyl (C=O) groups excluding carboxylic acids is 1. The maximum atomic E-state index is 11.8. The van der Waals surface area contributed by atoms with Crippen molar-refractivity contribution < 1.29 is 19.0 Å². The molecule has 1 aromatic carbocycles. The van der Waals surface area contributed by atoms with Gasteiger partial charge in [0.1, 0.15) is 0 Å². The zero-order valence-corrected chi connectivity index (χ0v) is 12.6. The number of aromatic nitrogens is 1. The highest BCUT2D eigenvalue weighted by atomic mass is 16.7. The van der Waals surface area contributed by atoms with E-state index in [2.05, 4.69) is 10.3 Å². The lowest BCUT2D eigenvalue weighted by Crippen LogP contribution is -2.20. The normalized spacial score (nSPS) is 12.4. The topological polar surface area (TPSA) is 69.7 Å². The van der Waals surface area contributed by atoms with Crippen LogP contribution in [0.3, 0.4) is 0 Å². The summed E-state index contributed by atoms with van der Waals surface area (Å²) in [6, 6.07) is 9.13. The predicted octanol–water partition coefficient (Wildman–Crippen LogP) is 2.15. The van der Waals surface area contributed by atoms with Gasteiger partial charge in [-0.15, -0.1) is 0 Å². The van der Waals surface area contributed by atoms with Crippen LogP contribution in [-0.2, 0) is 11.3 Å². The summed E-state index contributed by atoms with van der Waals surface area (Å²) < 4.78 is 15.5. The van der Waals surface area contributed by atoms with E-state index in [9.17, 15) is 4.79 Å². The van der Waals surface area contributed by atoms with Crippen molar-refractivity contribution in [2.75, 3.05) is 13.9 Å². The number of carbonyl (C=O) groups is 1. The Balaban J connectivity index is 1.54. The smallest absolute Gasteiger partial charge is 0.244 e. The average molecular weight is 312 g/mol. The summed E-state index contributed by atoms with van der Waals surface area (Å²) in [5, 5.41) is 2.80. The minimum Gasteiger partial charge on any atom is -0.481 e. The van der Waals surface area contributed by atoms with Gasteiger partial charge in [-0.1, -0.05) is 12.1 Å². The van der Waals surface area contributed by atoms with Gasteiger partial charge in [0.2, 0.25) is 18.6 Å². The molecule has 118 valence electrons. The molecule has 1 amide bonds. The first-order valence-electron chi connectivity index (χ1n) is 7.09. The van der Waals surface area contributed by atoms with Gasteiger partial charge < -0.3 is 19.5 Å². The van der Waals surface area contributed by atoms with Crippen LogP contribution in [0.1, 0.15) is 11.1 Å². The minimum absolute atomic E-state index is 0.182. The number of methoxy groups -OCH3 is 1. The Morgan fingerprint density at radius 2 is 2.17 bits per heavy atom. The molecule has 2 aromatic rings. The first kappa shape index (κ1) is 14.9. The lowest BCUT2D eigenvalue weighted by molar-refractivity contribution is -0.116. The summed E-state index contributed by atoms with van der Waals surface area (Å²) >= 11 is 0. The molecule has 0 spiro atoms. The standard InChI is InChI=1S/C17H16N2O4/c1-21-17-7-4-13(10-19-17)9-18-16(20)6-3-12-2-5-14-15(8-12)23-11-22-14/h2-8,10H,9,11H2,1H3,(H,18,20)/b6-3+. The molecular weight excluding hydrogens is 296 g/mol. The first-order valence-corrected chi connectivity index (χ1v) is 7.09. The number of amides is 1. The number of ether oxygens (including phenoxy) is 3. The molecule has 6 nitrogen and oxygen atoms in total. The van der Waals surface area contributed by atoms with Gasteiger partial charge in [-0.05, 0) is 29.3 Å². The maximum absolute atomic E-state index is 11.8. The third-order valence-corrected chi connectivity index (χ3v) is 3.30. The van der Waals surface area contributed by atoms with Gasteiger partial charge in [-0.2, -0.15) is 0 Å². The third kappa shape index (κ3) is 3.79. The number of hydrogen-bond acceptors (Lipinski definition) is 5. The second-order valence-corrected chi connectivity index (χ2v) is 4.87. The molecule has 0 aliphatic carbocycles. The number of benzene rings is 1. The lowest BCUT2D eigenvalue weighted by atomic mass is 10.2. The van der Waals surface area contributed by atoms with Crippen LogP contribution < -0.4 is 19.5 Å². The summed E-state index contributed by atoms with van der Waals surface area (Å²) in [5.74, 6) is 1.77. The summed E-state index contributed by atoms with van der Waals surface area (Å²) in [7, 11) is 1.56. The van der Waals surface area contributed by atoms with Crippen LogP contribution in [0, 0.1) is 0 Å². The quantitative estimate of drug-likeness (QED) is 0.857. The fourth-order valence-electron chi connectivity index (χ4n) is 2.07. The Morgan fingerprint density at radius 3 is 2.96 bits per heavy atom. The SMILES string of the molecule is COc1ccc(CNC(=O)/C=C/c2ccc3c(c2)OCO3)cn1. The number of hydrogen-bond donors (Lipinski definition) is 1. The van der Waals surface area contributed by atoms with Gasteiger partial charge in [-0.25, -0.2) is 4.98 Å². The van der Waals surface area contributed by atoms with Crippen molar-refractivity contribution in [1.82, 2.24) is 10.3 Å². The average Bonchev–Trinajstić information content (AvgIpc) is 3.06. The Kier molecular flexibility index (Phi) is 4.42. The Hall–Kier alpha value is -3.02. The number of nitrogens with zero attached hydrogens (tertiary/aromatic N) is 1. The minimum atomic E-state index is -0.182. The van der Waals surface area contributed by atoms with Crippen molar-refractivity contribution in [2.45, 2.75) is 6.54 Å². The molecule has 1 aliphatic rings. The second kappa shape index (κ2) is 6.83. The van der Waals surface area contributed by atoms with Crippen molar-refractivity contribution in [3.8, 4) is 17.4 Å². The van der Waals surface area contributed by atoms with Crippen molar-refractivity contribution in [3.63, 3.8) is 0 Å². The Morgan fingerprint density at radius 1 is 1.30 bits per heavy atom. The Bertz CT molecular complexity index is 726. The van der Waals surface area contributed by atoms with Crippen molar-refractivity contribution in [1.29, 1.82) is 0 Å². The van der Waals surface area contributed by atoms with Crippen LogP contribution in [-0.4, -0.2) is 24.8 Å². The highest BCUT2D eigenvalue weighted by Gasteiger charge is 2.12. The van der Waals surface area contributed by atoms with Crippen LogP contribution in [0.4, 0.5) is 0 Å². The van der Waals surface area contributed by atoms with Crippen LogP contribution in [0.15, 0.2) is 42.6 Å². The number of pyridine rings is 1. The molecule has 0 fully saturated rings. The maximum Gasteiger partial charge on any atom is 0.244 e. The molecule has 1 aliphatic heterocycles. The zero-order valence-electron chi connectivity index (χ0n) is 12.6. The molecule has 6 heteroatoms. The summed E-state index contributed by atoms with van der Waals surface area (Å²) in [5.41, 5.74) is 1.77. The van der Waals surface area contributed by atoms with E-state index in [1.165, 1.54) is 6.08 Å². The van der Waals surface area contributed by atoms with Gasteiger partial charge in [0, 0.05) is 24.9 Å². The van der Waals surface area contributed by atoms with E-state index in [-0.39, 0.29) is 12.7 Å². The molecule has 0 saturated carbocycles. The molecule has 0 atom stereocenters. The summed E-state index contributed by atoms with van der Waals surface area (Å²) in [6.45, 7) is 0.639. The predicted molar refractivity (Wildman–Crippen MR) is 84.2 cm³/mol. The van der Waals surface area contributed by atoms with Crippen molar-refractivity contribution >= 4 is 12.0 Å². The van der Waals surface area contributed by atoms with E-state index >= 15 is 0 Å². The lowest BCUT2D eigenvalue weighted by Gasteiger charge is -2.03. The molecule has 3 rings (SSSR count). The molecule has 1 aromatic heterocycles. The molecule has 0 bridgehead atoms. The summed E-state index contributed by atoms with van der Waals surface area (Å²) in [4.78, 5) is 15.9. The van der Waals surface area contributed by atoms with Crippen LogP contribution in [0.25, 0.3) is 6.08 Å². The van der Waals surface area contributed by atoms with E-state index < -0.39 is 0 Å². The van der Waals surface area contributed by atoms with Gasteiger partial charge in [-0.3, -0.25) is 4.79 Å².